The smallest absolute Gasteiger partial charge is 0.237 e. The van der Waals surface area contributed by atoms with Crippen LogP contribution in [0.5, 0.6) is 11.8 Å². The van der Waals surface area contributed by atoms with E-state index in [0.717, 1.165) is 17.5 Å². The number of rotatable bonds is 14. The number of amides is 1. The summed E-state index contributed by atoms with van der Waals surface area (Å²) in [5, 5.41) is 10.5. The molecule has 1 saturated heterocycles. The maximum absolute atomic E-state index is 11.5. The number of hydrogen-bond acceptors (Lipinski definition) is 10. The number of nitrogens with one attached hydrogen (secondary N) is 3. The van der Waals surface area contributed by atoms with E-state index < -0.39 is 0 Å². The van der Waals surface area contributed by atoms with Crippen molar-refractivity contribution in [2.24, 2.45) is 0 Å². The van der Waals surface area contributed by atoms with E-state index in [4.69, 9.17) is 42.4 Å². The van der Waals surface area contributed by atoms with Gasteiger partial charge in [0.05, 0.1) is 54.7 Å². The first kappa shape index (κ1) is 32.5. The minimum atomic E-state index is 0.0843. The van der Waals surface area contributed by atoms with Gasteiger partial charge in [0.25, 0.3) is 0 Å². The Morgan fingerprint density at radius 1 is 0.822 bits per heavy atom. The summed E-state index contributed by atoms with van der Waals surface area (Å²) in [6.45, 7) is 2.84. The Bertz CT molecular complexity index is 1660. The molecule has 0 aliphatic carbocycles. The highest BCUT2D eigenvalue weighted by Gasteiger charge is 2.21. The summed E-state index contributed by atoms with van der Waals surface area (Å²) in [6, 6.07) is 11.5. The van der Waals surface area contributed by atoms with Crippen LogP contribution in [0.2, 0.25) is 10.0 Å². The Morgan fingerprint density at radius 3 is 1.84 bits per heavy atom. The van der Waals surface area contributed by atoms with Crippen LogP contribution in [-0.2, 0) is 22.6 Å². The van der Waals surface area contributed by atoms with Gasteiger partial charge < -0.3 is 30.2 Å². The molecule has 0 spiro atoms. The number of benzene rings is 2. The van der Waals surface area contributed by atoms with Gasteiger partial charge in [0.2, 0.25) is 17.7 Å². The molecule has 11 nitrogen and oxygen atoms in total. The minimum absolute atomic E-state index is 0.0843. The highest BCUT2D eigenvalue weighted by Crippen LogP contribution is 2.42. The van der Waals surface area contributed by atoms with Gasteiger partial charge in [-0.1, -0.05) is 59.6 Å². The van der Waals surface area contributed by atoms with E-state index >= 15 is 0 Å². The Labute approximate surface area is 272 Å². The zero-order valence-corrected chi connectivity index (χ0v) is 26.8. The van der Waals surface area contributed by atoms with Crippen molar-refractivity contribution in [2.75, 3.05) is 41.0 Å². The molecule has 1 amide bonds. The van der Waals surface area contributed by atoms with E-state index in [1.165, 1.54) is 0 Å². The molecule has 236 valence electrons. The quantitative estimate of drug-likeness (QED) is 0.165. The summed E-state index contributed by atoms with van der Waals surface area (Å²) < 4.78 is 16.2. The van der Waals surface area contributed by atoms with Gasteiger partial charge in [0, 0.05) is 68.0 Å². The lowest BCUT2D eigenvalue weighted by Gasteiger charge is -2.15. The van der Waals surface area contributed by atoms with Crippen LogP contribution >= 0.6 is 23.2 Å². The first-order valence-corrected chi connectivity index (χ1v) is 15.3. The zero-order chi connectivity index (χ0) is 31.8. The number of ether oxygens (including phenoxy) is 3. The van der Waals surface area contributed by atoms with E-state index in [9.17, 15) is 4.79 Å². The maximum Gasteiger partial charge on any atom is 0.237 e. The van der Waals surface area contributed by atoms with Gasteiger partial charge in [-0.05, 0) is 6.42 Å². The molecule has 0 saturated carbocycles. The summed E-state index contributed by atoms with van der Waals surface area (Å²) in [6.07, 6.45) is 4.73. The molecule has 3 heterocycles. The maximum atomic E-state index is 11.5. The number of hydrogen-bond donors (Lipinski definition) is 3. The fraction of sp³-hybridized carbons (Fsp3) is 0.344. The minimum Gasteiger partial charge on any atom is -0.480 e. The summed E-state index contributed by atoms with van der Waals surface area (Å²) >= 11 is 14.0. The third kappa shape index (κ3) is 7.69. The first-order valence-electron chi connectivity index (χ1n) is 14.5. The Balaban J connectivity index is 1.38. The zero-order valence-electron chi connectivity index (χ0n) is 25.3. The second kappa shape index (κ2) is 15.4. The van der Waals surface area contributed by atoms with Gasteiger partial charge in [-0.2, -0.15) is 0 Å². The molecule has 1 aliphatic heterocycles. The van der Waals surface area contributed by atoms with Crippen molar-refractivity contribution in [3.05, 3.63) is 70.2 Å². The van der Waals surface area contributed by atoms with Crippen molar-refractivity contribution in [3.63, 3.8) is 0 Å². The van der Waals surface area contributed by atoms with E-state index in [1.807, 2.05) is 36.4 Å². The third-order valence-electron chi connectivity index (χ3n) is 7.39. The van der Waals surface area contributed by atoms with Gasteiger partial charge in [0.1, 0.15) is 11.4 Å². The van der Waals surface area contributed by atoms with E-state index in [-0.39, 0.29) is 11.9 Å². The molecule has 1 atom stereocenters. The van der Waals surface area contributed by atoms with Crippen LogP contribution in [0, 0.1) is 0 Å². The topological polar surface area (TPSA) is 132 Å². The predicted octanol–water partition coefficient (Wildman–Crippen LogP) is 4.70. The molecule has 5 rings (SSSR count). The highest BCUT2D eigenvalue weighted by molar-refractivity contribution is 6.39. The van der Waals surface area contributed by atoms with Crippen LogP contribution < -0.4 is 25.4 Å². The lowest BCUT2D eigenvalue weighted by Crippen LogP contribution is -2.35. The molecular weight excluding hydrogens is 617 g/mol. The van der Waals surface area contributed by atoms with Crippen molar-refractivity contribution in [1.29, 1.82) is 0 Å². The summed E-state index contributed by atoms with van der Waals surface area (Å²) in [5.41, 5.74) is 5.29. The average Bonchev–Trinajstić information content (AvgIpc) is 3.48. The molecule has 0 unspecified atom stereocenters. The normalized spacial score (nSPS) is 14.4. The third-order valence-corrected chi connectivity index (χ3v) is 8.21. The SMILES string of the molecule is COCCNCc1ncc(-c2cccc(-c3cccc(-c4cnc(CNC[C@@H]5CCC(=O)N5)c(OC)n4)c3Cl)c2Cl)nc1OC. The summed E-state index contributed by atoms with van der Waals surface area (Å²) in [7, 11) is 4.77. The van der Waals surface area contributed by atoms with Crippen molar-refractivity contribution < 1.29 is 19.0 Å². The lowest BCUT2D eigenvalue weighted by atomic mass is 9.98. The number of halogens is 2. The number of methoxy groups -OCH3 is 3. The van der Waals surface area contributed by atoms with Crippen LogP contribution in [0.25, 0.3) is 33.6 Å². The predicted molar refractivity (Wildman–Crippen MR) is 174 cm³/mol. The molecule has 3 N–H and O–H groups in total. The second-order valence-corrected chi connectivity index (χ2v) is 11.1. The second-order valence-electron chi connectivity index (χ2n) is 10.4. The van der Waals surface area contributed by atoms with Crippen LogP contribution in [0.4, 0.5) is 0 Å². The fourth-order valence-electron chi connectivity index (χ4n) is 5.07. The van der Waals surface area contributed by atoms with Crippen molar-refractivity contribution >= 4 is 29.1 Å². The first-order chi connectivity index (χ1) is 21.9. The molecule has 1 fully saturated rings. The van der Waals surface area contributed by atoms with Gasteiger partial charge in [-0.15, -0.1) is 0 Å². The molecular formula is C32H35Cl2N7O4. The van der Waals surface area contributed by atoms with Gasteiger partial charge in [-0.3, -0.25) is 14.8 Å². The molecule has 2 aromatic heterocycles. The highest BCUT2D eigenvalue weighted by atomic mass is 35.5. The summed E-state index contributed by atoms with van der Waals surface area (Å²) in [5.74, 6) is 0.887. The largest absolute Gasteiger partial charge is 0.480 e. The monoisotopic (exact) mass is 651 g/mol. The Hall–Kier alpha value is -3.87. The Morgan fingerprint density at radius 2 is 1.36 bits per heavy atom. The van der Waals surface area contributed by atoms with Gasteiger partial charge in [0.15, 0.2) is 0 Å². The molecule has 0 radical (unpaired) electrons. The van der Waals surface area contributed by atoms with Crippen LogP contribution in [0.3, 0.4) is 0 Å². The fourth-order valence-corrected chi connectivity index (χ4v) is 5.72. The molecule has 4 aromatic rings. The standard InChI is InChI=1S/C32H35Cl2N7O4/c1-43-13-12-35-15-26-31(44-2)40-24(17-37-26)22-8-4-6-20(29(22)33)21-7-5-9-23(30(21)34)25-18-38-27(32(41-25)45-3)16-36-14-19-10-11-28(42)39-19/h4-9,17-19,35-36H,10-16H2,1-3H3,(H,39,42)/t19-/m0/s1. The molecule has 13 heteroatoms. The van der Waals surface area contributed by atoms with Gasteiger partial charge in [-0.25, -0.2) is 9.97 Å². The molecule has 0 bridgehead atoms. The van der Waals surface area contributed by atoms with Crippen molar-refractivity contribution in [2.45, 2.75) is 32.0 Å². The molecule has 1 aliphatic rings. The summed E-state index contributed by atoms with van der Waals surface area (Å²) in [4.78, 5) is 30.1. The van der Waals surface area contributed by atoms with E-state index in [1.54, 1.807) is 33.7 Å². The number of aromatic nitrogens is 4. The van der Waals surface area contributed by atoms with E-state index in [0.29, 0.717) is 94.9 Å². The van der Waals surface area contributed by atoms with Crippen LogP contribution in [-0.4, -0.2) is 72.9 Å². The number of carbonyl (C=O) groups is 1. The van der Waals surface area contributed by atoms with Crippen molar-refractivity contribution in [3.8, 4) is 45.4 Å². The van der Waals surface area contributed by atoms with Crippen molar-refractivity contribution in [1.82, 2.24) is 35.9 Å². The molecule has 45 heavy (non-hydrogen) atoms. The number of nitrogens with zero attached hydrogens (tertiary/aromatic N) is 4. The van der Waals surface area contributed by atoms with E-state index in [2.05, 4.69) is 30.9 Å². The lowest BCUT2D eigenvalue weighted by molar-refractivity contribution is -0.119. The van der Waals surface area contributed by atoms with Gasteiger partial charge >= 0.3 is 0 Å². The van der Waals surface area contributed by atoms with Crippen LogP contribution in [0.15, 0.2) is 48.8 Å². The Kier molecular flexibility index (Phi) is 11.1. The average molecular weight is 653 g/mol. The van der Waals surface area contributed by atoms with Crippen LogP contribution in [0.1, 0.15) is 24.2 Å². The number of carbonyl (C=O) groups excluding carboxylic acids is 1. The molecule has 2 aromatic carbocycles.